The van der Waals surface area contributed by atoms with Gasteiger partial charge in [0.1, 0.15) is 5.82 Å². The molecule has 2 heterocycles. The maximum atomic E-state index is 12.5. The number of hydrogen-bond acceptors (Lipinski definition) is 6. The van der Waals surface area contributed by atoms with E-state index in [2.05, 4.69) is 9.97 Å². The number of carbonyl (C=O) groups excluding carboxylic acids is 1. The van der Waals surface area contributed by atoms with E-state index < -0.39 is 11.2 Å². The first-order valence-corrected chi connectivity index (χ1v) is 10.1. The van der Waals surface area contributed by atoms with Gasteiger partial charge in [-0.3, -0.25) is 19.1 Å². The highest BCUT2D eigenvalue weighted by Gasteiger charge is 2.18. The molecule has 0 spiro atoms. The van der Waals surface area contributed by atoms with Crippen LogP contribution in [0, 0.1) is 0 Å². The van der Waals surface area contributed by atoms with E-state index in [1.807, 2.05) is 37.3 Å². The van der Waals surface area contributed by atoms with Crippen LogP contribution in [-0.4, -0.2) is 37.4 Å². The minimum Gasteiger partial charge on any atom is -0.465 e. The number of nitrogens with one attached hydrogen (secondary N) is 1. The molecule has 28 heavy (non-hydrogen) atoms. The van der Waals surface area contributed by atoms with Crippen molar-refractivity contribution in [2.75, 3.05) is 12.4 Å². The summed E-state index contributed by atoms with van der Waals surface area (Å²) in [6.07, 6.45) is 0.778. The molecule has 0 bridgehead atoms. The zero-order chi connectivity index (χ0) is 20.1. The lowest BCUT2D eigenvalue weighted by Gasteiger charge is -2.09. The molecule has 0 saturated heterocycles. The van der Waals surface area contributed by atoms with Gasteiger partial charge in [0, 0.05) is 13.6 Å². The molecule has 1 N–H and O–H groups in total. The topological polar surface area (TPSA) is 99.0 Å². The summed E-state index contributed by atoms with van der Waals surface area (Å²) in [6.45, 7) is 2.78. The summed E-state index contributed by atoms with van der Waals surface area (Å²) in [5.41, 5.74) is 0.692. The van der Waals surface area contributed by atoms with E-state index >= 15 is 0 Å². The first-order chi connectivity index (χ1) is 13.5. The fourth-order valence-corrected chi connectivity index (χ4v) is 3.56. The van der Waals surface area contributed by atoms with Crippen molar-refractivity contribution < 1.29 is 9.53 Å². The predicted octanol–water partition coefficient (Wildman–Crippen LogP) is 1.66. The van der Waals surface area contributed by atoms with Crippen LogP contribution in [0.4, 0.5) is 0 Å². The van der Waals surface area contributed by atoms with Gasteiger partial charge in [-0.15, -0.1) is 11.8 Å². The second-order valence-electron chi connectivity index (χ2n) is 6.30. The van der Waals surface area contributed by atoms with Crippen LogP contribution >= 0.6 is 11.8 Å². The van der Waals surface area contributed by atoms with Crippen LogP contribution in [0.25, 0.3) is 11.2 Å². The third-order valence-electron chi connectivity index (χ3n) is 4.19. The van der Waals surface area contributed by atoms with Crippen molar-refractivity contribution in [3.8, 4) is 0 Å². The molecule has 148 valence electrons. The van der Waals surface area contributed by atoms with Gasteiger partial charge in [-0.1, -0.05) is 37.3 Å². The highest BCUT2D eigenvalue weighted by molar-refractivity contribution is 7.99. The number of hydrogen-bond donors (Lipinski definition) is 1. The van der Waals surface area contributed by atoms with Crippen molar-refractivity contribution in [2.45, 2.75) is 25.6 Å². The number of H-pyrrole nitrogens is 1. The average molecular weight is 402 g/mol. The Balaban J connectivity index is 1.94. The van der Waals surface area contributed by atoms with Crippen LogP contribution in [0.3, 0.4) is 0 Å². The van der Waals surface area contributed by atoms with Crippen molar-refractivity contribution >= 4 is 28.9 Å². The largest absolute Gasteiger partial charge is 0.465 e. The number of aryl methyl sites for hydroxylation is 1. The number of nitrogens with zero attached hydrogens (tertiary/aromatic N) is 3. The highest BCUT2D eigenvalue weighted by atomic mass is 32.2. The number of esters is 1. The first-order valence-electron chi connectivity index (χ1n) is 8.97. The Labute approximate surface area is 165 Å². The zero-order valence-corrected chi connectivity index (χ0v) is 16.6. The number of aromatic nitrogens is 4. The minimum absolute atomic E-state index is 0.198. The summed E-state index contributed by atoms with van der Waals surface area (Å²) in [5, 5.41) is 0. The quantitative estimate of drug-likeness (QED) is 0.576. The lowest BCUT2D eigenvalue weighted by molar-refractivity contribution is -0.140. The van der Waals surface area contributed by atoms with Crippen LogP contribution in [0.15, 0.2) is 39.9 Å². The number of ether oxygens (including phenoxy) is 1. The number of rotatable bonds is 8. The van der Waals surface area contributed by atoms with Gasteiger partial charge in [0.25, 0.3) is 5.56 Å². The molecule has 9 heteroatoms. The minimum atomic E-state index is -0.510. The van der Waals surface area contributed by atoms with Gasteiger partial charge in [-0.05, 0) is 12.0 Å². The molecule has 0 fully saturated rings. The number of benzene rings is 1. The zero-order valence-electron chi connectivity index (χ0n) is 15.8. The fourth-order valence-electron chi connectivity index (χ4n) is 2.81. The second kappa shape index (κ2) is 8.92. The Kier molecular flexibility index (Phi) is 6.35. The number of fused-ring (bicyclic) bond motifs is 1. The number of aromatic amines is 1. The van der Waals surface area contributed by atoms with E-state index in [0.29, 0.717) is 35.9 Å². The normalized spacial score (nSPS) is 11.1. The van der Waals surface area contributed by atoms with Crippen molar-refractivity contribution in [2.24, 2.45) is 7.05 Å². The monoisotopic (exact) mass is 402 g/mol. The maximum Gasteiger partial charge on any atom is 0.329 e. The van der Waals surface area contributed by atoms with Crippen LogP contribution in [-0.2, 0) is 28.9 Å². The van der Waals surface area contributed by atoms with E-state index in [1.54, 1.807) is 11.6 Å². The molecular weight excluding hydrogens is 380 g/mol. The van der Waals surface area contributed by atoms with Gasteiger partial charge in [0.2, 0.25) is 0 Å². The molecule has 0 aliphatic carbocycles. The molecule has 0 amide bonds. The average Bonchev–Trinajstić information content (AvgIpc) is 3.04. The number of carbonyl (C=O) groups is 1. The maximum absolute atomic E-state index is 12.5. The molecule has 1 aromatic carbocycles. The van der Waals surface area contributed by atoms with E-state index in [9.17, 15) is 14.4 Å². The molecule has 0 saturated carbocycles. The standard InChI is InChI=1S/C19H22N4O4S/c1-3-9-27-15(24)12-28-11-14-20-17-16(18(25)21-19(26)22(17)2)23(14)10-13-7-5-4-6-8-13/h4-8H,3,9-12H2,1-2H3,(H,21,25,26). The molecule has 2 aromatic heterocycles. The van der Waals surface area contributed by atoms with Gasteiger partial charge >= 0.3 is 11.7 Å². The lowest BCUT2D eigenvalue weighted by Crippen LogP contribution is -2.29. The van der Waals surface area contributed by atoms with E-state index in [1.165, 1.54) is 16.3 Å². The van der Waals surface area contributed by atoms with Crippen molar-refractivity contribution in [3.05, 3.63) is 62.6 Å². The molecule has 8 nitrogen and oxygen atoms in total. The molecule has 3 rings (SSSR count). The van der Waals surface area contributed by atoms with Gasteiger partial charge in [0.15, 0.2) is 11.2 Å². The van der Waals surface area contributed by atoms with Crippen LogP contribution in [0.2, 0.25) is 0 Å². The second-order valence-corrected chi connectivity index (χ2v) is 7.29. The Bertz CT molecular complexity index is 1080. The van der Waals surface area contributed by atoms with Gasteiger partial charge in [0.05, 0.1) is 18.1 Å². The van der Waals surface area contributed by atoms with Crippen molar-refractivity contribution in [1.29, 1.82) is 0 Å². The molecule has 0 unspecified atom stereocenters. The van der Waals surface area contributed by atoms with Gasteiger partial charge in [-0.2, -0.15) is 0 Å². The highest BCUT2D eigenvalue weighted by Crippen LogP contribution is 2.18. The fraction of sp³-hybridized carbons (Fsp3) is 0.368. The van der Waals surface area contributed by atoms with E-state index in [0.717, 1.165) is 12.0 Å². The van der Waals surface area contributed by atoms with Gasteiger partial charge in [-0.25, -0.2) is 9.78 Å². The van der Waals surface area contributed by atoms with E-state index in [-0.39, 0.29) is 11.7 Å². The van der Waals surface area contributed by atoms with Crippen LogP contribution in [0.5, 0.6) is 0 Å². The smallest absolute Gasteiger partial charge is 0.329 e. The molecule has 0 aliphatic rings. The SMILES string of the molecule is CCCOC(=O)CSCc1nc2c(c(=O)[nH]c(=O)n2C)n1Cc1ccccc1. The lowest BCUT2D eigenvalue weighted by atomic mass is 10.2. The predicted molar refractivity (Wildman–Crippen MR) is 109 cm³/mol. The summed E-state index contributed by atoms with van der Waals surface area (Å²) in [6, 6.07) is 9.69. The Hall–Kier alpha value is -2.81. The molecule has 0 radical (unpaired) electrons. The van der Waals surface area contributed by atoms with E-state index in [4.69, 9.17) is 4.74 Å². The summed E-state index contributed by atoms with van der Waals surface area (Å²) in [5.74, 6) is 0.960. The van der Waals surface area contributed by atoms with Crippen molar-refractivity contribution in [1.82, 2.24) is 19.1 Å². The Morgan fingerprint density at radius 1 is 1.25 bits per heavy atom. The third kappa shape index (κ3) is 4.36. The molecule has 0 aliphatic heterocycles. The van der Waals surface area contributed by atoms with Crippen molar-refractivity contribution in [3.63, 3.8) is 0 Å². The number of thioether (sulfide) groups is 1. The van der Waals surface area contributed by atoms with Gasteiger partial charge < -0.3 is 9.30 Å². The molecule has 3 aromatic rings. The van der Waals surface area contributed by atoms with Crippen LogP contribution < -0.4 is 11.2 Å². The summed E-state index contributed by atoms with van der Waals surface area (Å²) in [7, 11) is 1.57. The molecular formula is C19H22N4O4S. The summed E-state index contributed by atoms with van der Waals surface area (Å²) >= 11 is 1.36. The summed E-state index contributed by atoms with van der Waals surface area (Å²) < 4.78 is 8.20. The first kappa shape index (κ1) is 19.9. The number of imidazole rings is 1. The molecule has 0 atom stereocenters. The summed E-state index contributed by atoms with van der Waals surface area (Å²) in [4.78, 5) is 43.0. The Morgan fingerprint density at radius 2 is 2.00 bits per heavy atom. The van der Waals surface area contributed by atoms with Crippen LogP contribution in [0.1, 0.15) is 24.7 Å². The Morgan fingerprint density at radius 3 is 2.71 bits per heavy atom. The third-order valence-corrected chi connectivity index (χ3v) is 5.09.